The Kier molecular flexibility index (Phi) is 7.06. The highest BCUT2D eigenvalue weighted by Gasteiger charge is 2.36. The highest BCUT2D eigenvalue weighted by atomic mass is 16.6. The number of ether oxygens (including phenoxy) is 5. The number of benzene rings is 2. The number of amides is 1. The molecule has 2 aliphatic rings. The molecule has 2 aromatic carbocycles. The summed E-state index contributed by atoms with van der Waals surface area (Å²) >= 11 is 0. The first-order valence-electron chi connectivity index (χ1n) is 12.2. The Morgan fingerprint density at radius 1 is 1.21 bits per heavy atom. The molecule has 38 heavy (non-hydrogen) atoms. The number of aromatic amines is 1. The van der Waals surface area contributed by atoms with Crippen molar-refractivity contribution in [2.75, 3.05) is 40.0 Å². The predicted molar refractivity (Wildman–Crippen MR) is 136 cm³/mol. The molecule has 0 saturated carbocycles. The van der Waals surface area contributed by atoms with E-state index >= 15 is 0 Å². The van der Waals surface area contributed by atoms with E-state index < -0.39 is 12.0 Å². The van der Waals surface area contributed by atoms with Crippen LogP contribution in [-0.4, -0.2) is 61.2 Å². The Morgan fingerprint density at radius 3 is 2.66 bits per heavy atom. The van der Waals surface area contributed by atoms with Crippen LogP contribution in [0.4, 0.5) is 4.79 Å². The quantitative estimate of drug-likeness (QED) is 0.501. The van der Waals surface area contributed by atoms with Gasteiger partial charge in [-0.25, -0.2) is 4.79 Å². The van der Waals surface area contributed by atoms with E-state index in [0.717, 1.165) is 5.56 Å². The van der Waals surface area contributed by atoms with E-state index in [1.165, 1.54) is 0 Å². The van der Waals surface area contributed by atoms with Crippen molar-refractivity contribution in [1.29, 1.82) is 5.26 Å². The van der Waals surface area contributed by atoms with Crippen molar-refractivity contribution in [2.24, 2.45) is 5.73 Å². The maximum Gasteiger partial charge on any atom is 0.415 e. The van der Waals surface area contributed by atoms with Crippen LogP contribution in [0.2, 0.25) is 0 Å². The van der Waals surface area contributed by atoms with Gasteiger partial charge in [0.25, 0.3) is 0 Å². The molecule has 0 bridgehead atoms. The molecule has 0 radical (unpaired) electrons. The van der Waals surface area contributed by atoms with Crippen LogP contribution in [0.1, 0.15) is 24.0 Å². The average molecular weight is 518 g/mol. The van der Waals surface area contributed by atoms with Gasteiger partial charge in [-0.15, -0.1) is 5.10 Å². The van der Waals surface area contributed by atoms with Gasteiger partial charge in [-0.1, -0.05) is 6.07 Å². The molecule has 5 rings (SSSR count). The first-order chi connectivity index (χ1) is 18.5. The molecule has 196 valence electrons. The maximum absolute atomic E-state index is 12.7. The molecule has 1 saturated heterocycles. The summed E-state index contributed by atoms with van der Waals surface area (Å²) in [6.45, 7) is 4.01. The SMILES string of the molecule is CCOc1cc([C@H]2C(C#N)=C(N)Oc3n[nH]c(-c4ccc(OC)cc4)c32)ccc1OC(=O)N1CCOCC1. The number of hydrogen-bond acceptors (Lipinski definition) is 9. The molecule has 3 heterocycles. The van der Waals surface area contributed by atoms with E-state index in [1.807, 2.05) is 31.2 Å². The molecule has 0 aliphatic carbocycles. The fraction of sp³-hybridized carbons (Fsp3) is 0.296. The summed E-state index contributed by atoms with van der Waals surface area (Å²) in [7, 11) is 1.60. The van der Waals surface area contributed by atoms with Crippen molar-refractivity contribution in [1.82, 2.24) is 15.1 Å². The number of H-pyrrole nitrogens is 1. The van der Waals surface area contributed by atoms with Gasteiger partial charge in [0, 0.05) is 18.7 Å². The number of morpholine rings is 1. The number of rotatable bonds is 6. The molecule has 2 aliphatic heterocycles. The molecule has 3 aromatic rings. The van der Waals surface area contributed by atoms with E-state index in [2.05, 4.69) is 16.3 Å². The minimum Gasteiger partial charge on any atom is -0.497 e. The zero-order valence-corrected chi connectivity index (χ0v) is 21.0. The zero-order chi connectivity index (χ0) is 26.6. The summed E-state index contributed by atoms with van der Waals surface area (Å²) in [5.41, 5.74) is 9.22. The third kappa shape index (κ3) is 4.69. The second-order valence-corrected chi connectivity index (χ2v) is 8.58. The summed E-state index contributed by atoms with van der Waals surface area (Å²) < 4.78 is 27.8. The second-order valence-electron chi connectivity index (χ2n) is 8.58. The third-order valence-corrected chi connectivity index (χ3v) is 6.39. The average Bonchev–Trinajstić information content (AvgIpc) is 3.37. The summed E-state index contributed by atoms with van der Waals surface area (Å²) in [5.74, 6) is 0.988. The number of fused-ring (bicyclic) bond motifs is 1. The lowest BCUT2D eigenvalue weighted by atomic mass is 9.83. The first kappa shape index (κ1) is 25.0. The normalized spacial score (nSPS) is 16.8. The number of nitriles is 1. The first-order valence-corrected chi connectivity index (χ1v) is 12.2. The molecule has 11 nitrogen and oxygen atoms in total. The van der Waals surface area contributed by atoms with Crippen LogP contribution in [0.5, 0.6) is 23.1 Å². The number of carbonyl (C=O) groups is 1. The van der Waals surface area contributed by atoms with Crippen LogP contribution < -0.4 is 24.7 Å². The van der Waals surface area contributed by atoms with E-state index in [0.29, 0.717) is 61.2 Å². The molecule has 0 spiro atoms. The lowest BCUT2D eigenvalue weighted by Gasteiger charge is -2.27. The number of aromatic nitrogens is 2. The molecule has 1 fully saturated rings. The molecule has 1 amide bonds. The number of carbonyl (C=O) groups excluding carboxylic acids is 1. The van der Waals surface area contributed by atoms with E-state index in [4.69, 9.17) is 29.4 Å². The Balaban J connectivity index is 1.55. The third-order valence-electron chi connectivity index (χ3n) is 6.39. The predicted octanol–water partition coefficient (Wildman–Crippen LogP) is 3.53. The number of hydrogen-bond donors (Lipinski definition) is 2. The number of nitrogens with one attached hydrogen (secondary N) is 1. The van der Waals surface area contributed by atoms with Gasteiger partial charge in [-0.3, -0.25) is 5.10 Å². The van der Waals surface area contributed by atoms with Crippen molar-refractivity contribution in [2.45, 2.75) is 12.8 Å². The van der Waals surface area contributed by atoms with Crippen LogP contribution in [-0.2, 0) is 4.74 Å². The highest BCUT2D eigenvalue weighted by Crippen LogP contribution is 2.47. The van der Waals surface area contributed by atoms with Crippen LogP contribution >= 0.6 is 0 Å². The van der Waals surface area contributed by atoms with Gasteiger partial charge < -0.3 is 34.3 Å². The number of methoxy groups -OCH3 is 1. The number of nitrogens with two attached hydrogens (primary N) is 1. The van der Waals surface area contributed by atoms with Crippen LogP contribution in [0.3, 0.4) is 0 Å². The van der Waals surface area contributed by atoms with Gasteiger partial charge in [0.05, 0.1) is 44.1 Å². The van der Waals surface area contributed by atoms with Crippen LogP contribution in [0.25, 0.3) is 11.3 Å². The summed E-state index contributed by atoms with van der Waals surface area (Å²) in [5, 5.41) is 17.4. The van der Waals surface area contributed by atoms with Gasteiger partial charge in [0.15, 0.2) is 11.5 Å². The Bertz CT molecular complexity index is 1400. The molecule has 3 N–H and O–H groups in total. The van der Waals surface area contributed by atoms with Crippen molar-refractivity contribution in [3.05, 3.63) is 65.0 Å². The highest BCUT2D eigenvalue weighted by molar-refractivity contribution is 5.73. The van der Waals surface area contributed by atoms with Gasteiger partial charge in [0.2, 0.25) is 11.8 Å². The lowest BCUT2D eigenvalue weighted by Crippen LogP contribution is -2.42. The topological polar surface area (TPSA) is 145 Å². The fourth-order valence-corrected chi connectivity index (χ4v) is 4.52. The Labute approximate surface area is 219 Å². The van der Waals surface area contributed by atoms with Crippen LogP contribution in [0, 0.1) is 11.3 Å². The lowest BCUT2D eigenvalue weighted by molar-refractivity contribution is 0.0413. The maximum atomic E-state index is 12.7. The smallest absolute Gasteiger partial charge is 0.415 e. The minimum absolute atomic E-state index is 0.0291. The van der Waals surface area contributed by atoms with Gasteiger partial charge in [-0.05, 0) is 48.9 Å². The number of allylic oxidation sites excluding steroid dienone is 1. The Hall–Kier alpha value is -4.69. The zero-order valence-electron chi connectivity index (χ0n) is 21.0. The monoisotopic (exact) mass is 517 g/mol. The Morgan fingerprint density at radius 2 is 1.97 bits per heavy atom. The standard InChI is InChI=1S/C27H27N5O6/c1-3-36-21-14-17(6-9-20(21)37-27(33)32-10-12-35-13-11-32)22-19(15-28)25(29)38-26-23(22)24(30-31-26)16-4-7-18(34-2)8-5-16/h4-9,14,22H,3,10-13,29H2,1-2H3,(H,30,31)/t22-/m0/s1. The van der Waals surface area contributed by atoms with E-state index in [1.54, 1.807) is 30.2 Å². The second kappa shape index (κ2) is 10.7. The molecular weight excluding hydrogens is 490 g/mol. The van der Waals surface area contributed by atoms with Gasteiger partial charge in [-0.2, -0.15) is 5.26 Å². The van der Waals surface area contributed by atoms with Crippen molar-refractivity contribution >= 4 is 6.09 Å². The van der Waals surface area contributed by atoms with Crippen molar-refractivity contribution in [3.63, 3.8) is 0 Å². The summed E-state index contributed by atoms with van der Waals surface area (Å²) in [6.07, 6.45) is -0.478. The minimum atomic E-state index is -0.609. The molecule has 1 atom stereocenters. The molecular formula is C27H27N5O6. The number of nitrogens with zero attached hydrogens (tertiary/aromatic N) is 3. The van der Waals surface area contributed by atoms with Crippen molar-refractivity contribution in [3.8, 4) is 40.5 Å². The van der Waals surface area contributed by atoms with Crippen molar-refractivity contribution < 1.29 is 28.5 Å². The molecule has 1 aromatic heterocycles. The summed E-state index contributed by atoms with van der Waals surface area (Å²) in [6, 6.07) is 14.8. The summed E-state index contributed by atoms with van der Waals surface area (Å²) in [4.78, 5) is 14.3. The van der Waals surface area contributed by atoms with Crippen LogP contribution in [0.15, 0.2) is 53.9 Å². The van der Waals surface area contributed by atoms with Gasteiger partial charge >= 0.3 is 6.09 Å². The largest absolute Gasteiger partial charge is 0.497 e. The van der Waals surface area contributed by atoms with E-state index in [-0.39, 0.29) is 23.1 Å². The fourth-order valence-electron chi connectivity index (χ4n) is 4.52. The van der Waals surface area contributed by atoms with Gasteiger partial charge in [0.1, 0.15) is 17.4 Å². The van der Waals surface area contributed by atoms with E-state index in [9.17, 15) is 10.1 Å². The molecule has 11 heteroatoms. The molecule has 0 unspecified atom stereocenters.